The normalized spacial score (nSPS) is 6.50. The van der Waals surface area contributed by atoms with E-state index < -0.39 is 0 Å². The summed E-state index contributed by atoms with van der Waals surface area (Å²) in [6.07, 6.45) is 0. The van der Waals surface area contributed by atoms with E-state index in [9.17, 15) is 0 Å². The van der Waals surface area contributed by atoms with Crippen molar-refractivity contribution in [2.45, 2.75) is 20.8 Å². The minimum Gasteiger partial charge on any atom is -0.149 e. The minimum atomic E-state index is 1.38. The molecule has 1 aromatic heterocycles. The summed E-state index contributed by atoms with van der Waals surface area (Å²) in [5, 5.41) is 2.08. The summed E-state index contributed by atoms with van der Waals surface area (Å²) in [5.41, 5.74) is 0. The Balaban J connectivity index is 0. The Labute approximate surface area is 81.8 Å². The molecule has 0 amide bonds. The largest absolute Gasteiger partial charge is 0.149 e. The van der Waals surface area contributed by atoms with Gasteiger partial charge in [-0.3, -0.25) is 0 Å². The Morgan fingerprint density at radius 1 is 1.30 bits per heavy atom. The lowest BCUT2D eigenvalue weighted by Gasteiger charge is -1.65. The Morgan fingerprint density at radius 2 is 1.80 bits per heavy atom. The summed E-state index contributed by atoms with van der Waals surface area (Å²) < 4.78 is 0. The molecule has 1 heterocycles. The van der Waals surface area contributed by atoms with Gasteiger partial charge in [-0.05, 0) is 23.3 Å². The molecule has 0 radical (unpaired) electrons. The summed E-state index contributed by atoms with van der Waals surface area (Å²) in [6, 6.07) is 4.16. The number of hydrogen-bond acceptors (Lipinski definition) is 1. The first-order valence-electron chi connectivity index (χ1n) is 3.27. The molecular weight excluding hydrogens is 255 g/mol. The van der Waals surface area contributed by atoms with Crippen molar-refractivity contribution in [1.82, 2.24) is 0 Å². The zero-order valence-corrected chi connectivity index (χ0v) is 9.99. The van der Waals surface area contributed by atoms with E-state index >= 15 is 0 Å². The van der Waals surface area contributed by atoms with Gasteiger partial charge in [0.25, 0.3) is 0 Å². The van der Waals surface area contributed by atoms with E-state index in [0.717, 1.165) is 0 Å². The number of aryl methyl sites for hydroxylation is 1. The van der Waals surface area contributed by atoms with E-state index in [-0.39, 0.29) is 0 Å². The van der Waals surface area contributed by atoms with Crippen LogP contribution in [-0.2, 0) is 0 Å². The first kappa shape index (κ1) is 13.1. The van der Waals surface area contributed by atoms with Crippen molar-refractivity contribution < 1.29 is 0 Å². The third-order valence-corrected chi connectivity index (χ3v) is 1.46. The highest BCUT2D eigenvalue weighted by Crippen LogP contribution is 2.03. The van der Waals surface area contributed by atoms with Gasteiger partial charge in [-0.15, -0.1) is 11.3 Å². The quantitative estimate of drug-likeness (QED) is 0.491. The molecule has 0 fully saturated rings. The van der Waals surface area contributed by atoms with Gasteiger partial charge in [0.1, 0.15) is 0 Å². The summed E-state index contributed by atoms with van der Waals surface area (Å²) in [5.74, 6) is 0. The van der Waals surface area contributed by atoms with Crippen LogP contribution >= 0.6 is 33.9 Å². The number of rotatable bonds is 0. The fourth-order valence-corrected chi connectivity index (χ4v) is 0.890. The molecule has 0 saturated heterocycles. The first-order chi connectivity index (χ1) is 4.89. The Bertz CT molecular complexity index is 113. The second kappa shape index (κ2) is 12.1. The maximum Gasteiger partial charge on any atom is 0.00141 e. The van der Waals surface area contributed by atoms with Crippen LogP contribution in [-0.4, -0.2) is 4.93 Å². The van der Waals surface area contributed by atoms with Crippen molar-refractivity contribution in [3.05, 3.63) is 22.4 Å². The third-order valence-electron chi connectivity index (χ3n) is 0.663. The molecular formula is C8H15IS. The zero-order valence-electron chi connectivity index (χ0n) is 7.02. The van der Waals surface area contributed by atoms with Gasteiger partial charge in [0, 0.05) is 4.88 Å². The van der Waals surface area contributed by atoms with Gasteiger partial charge in [0.05, 0.1) is 0 Å². The van der Waals surface area contributed by atoms with Crippen LogP contribution in [0.15, 0.2) is 17.5 Å². The summed E-state index contributed by atoms with van der Waals surface area (Å²) in [4.78, 5) is 3.35. The number of halogens is 1. The van der Waals surface area contributed by atoms with Gasteiger partial charge in [-0.2, -0.15) is 0 Å². The molecule has 10 heavy (non-hydrogen) atoms. The molecule has 0 nitrogen and oxygen atoms in total. The van der Waals surface area contributed by atoms with Crippen LogP contribution in [0.25, 0.3) is 0 Å². The molecule has 0 aromatic carbocycles. The smallest absolute Gasteiger partial charge is 0.00141 e. The fraction of sp³-hybridized carbons (Fsp3) is 0.500. The van der Waals surface area contributed by atoms with Crippen LogP contribution in [0.2, 0.25) is 0 Å². The van der Waals surface area contributed by atoms with Gasteiger partial charge >= 0.3 is 0 Å². The van der Waals surface area contributed by atoms with E-state index in [0.29, 0.717) is 0 Å². The van der Waals surface area contributed by atoms with Crippen molar-refractivity contribution in [2.75, 3.05) is 4.93 Å². The van der Waals surface area contributed by atoms with Crippen molar-refractivity contribution in [3.63, 3.8) is 0 Å². The van der Waals surface area contributed by atoms with Crippen molar-refractivity contribution in [3.8, 4) is 0 Å². The maximum atomic E-state index is 2.15. The van der Waals surface area contributed by atoms with Gasteiger partial charge in [0.2, 0.25) is 0 Å². The van der Waals surface area contributed by atoms with E-state index in [2.05, 4.69) is 47.0 Å². The molecule has 0 bridgehead atoms. The highest BCUT2D eigenvalue weighted by Gasteiger charge is 1.74. The number of alkyl halides is 1. The molecule has 0 aliphatic carbocycles. The predicted octanol–water partition coefficient (Wildman–Crippen LogP) is 4.13. The highest BCUT2D eigenvalue weighted by molar-refractivity contribution is 14.1. The van der Waals surface area contributed by atoms with Crippen LogP contribution in [0.3, 0.4) is 0 Å². The summed E-state index contributed by atoms with van der Waals surface area (Å²) in [7, 11) is 0. The second-order valence-electron chi connectivity index (χ2n) is 1.22. The van der Waals surface area contributed by atoms with Gasteiger partial charge in [0.15, 0.2) is 0 Å². The highest BCUT2D eigenvalue weighted by atomic mass is 127. The molecule has 1 rings (SSSR count). The SMILES string of the molecule is CC.CI.Cc1cccs1. The van der Waals surface area contributed by atoms with E-state index in [1.807, 2.05) is 18.8 Å². The van der Waals surface area contributed by atoms with Crippen LogP contribution in [0, 0.1) is 6.92 Å². The Kier molecular flexibility index (Phi) is 15.8. The van der Waals surface area contributed by atoms with Crippen LogP contribution in [0.4, 0.5) is 0 Å². The Hall–Kier alpha value is 0.430. The molecule has 60 valence electrons. The number of hydrogen-bond donors (Lipinski definition) is 0. The Morgan fingerprint density at radius 3 is 1.90 bits per heavy atom. The van der Waals surface area contributed by atoms with Crippen LogP contribution in [0.5, 0.6) is 0 Å². The first-order valence-corrected chi connectivity index (χ1v) is 6.31. The average Bonchev–Trinajstić information content (AvgIpc) is 2.48. The molecule has 0 atom stereocenters. The summed E-state index contributed by atoms with van der Waals surface area (Å²) in [6.45, 7) is 6.10. The van der Waals surface area contributed by atoms with Crippen molar-refractivity contribution >= 4 is 33.9 Å². The monoisotopic (exact) mass is 270 g/mol. The topological polar surface area (TPSA) is 0 Å². The molecule has 0 aliphatic rings. The third kappa shape index (κ3) is 8.43. The maximum absolute atomic E-state index is 2.15. The van der Waals surface area contributed by atoms with E-state index in [1.165, 1.54) is 4.88 Å². The van der Waals surface area contributed by atoms with Crippen molar-refractivity contribution in [2.24, 2.45) is 0 Å². The molecule has 1 aromatic rings. The van der Waals surface area contributed by atoms with E-state index in [1.54, 1.807) is 11.3 Å². The fourth-order valence-electron chi connectivity index (χ4n) is 0.361. The van der Waals surface area contributed by atoms with Gasteiger partial charge in [-0.1, -0.05) is 42.5 Å². The zero-order chi connectivity index (χ0) is 8.41. The van der Waals surface area contributed by atoms with Crippen molar-refractivity contribution in [1.29, 1.82) is 0 Å². The van der Waals surface area contributed by atoms with Gasteiger partial charge in [-0.25, -0.2) is 0 Å². The molecule has 0 spiro atoms. The molecule has 0 N–H and O–H groups in total. The lowest BCUT2D eigenvalue weighted by atomic mass is 10.5. The molecule has 0 saturated carbocycles. The second-order valence-corrected chi connectivity index (χ2v) is 2.38. The lowest BCUT2D eigenvalue weighted by molar-refractivity contribution is 1.50. The van der Waals surface area contributed by atoms with E-state index in [4.69, 9.17) is 0 Å². The lowest BCUT2D eigenvalue weighted by Crippen LogP contribution is -1.42. The standard InChI is InChI=1S/C5H6S.C2H6.CH3I/c1-5-3-2-4-6-5;2*1-2/h2-4H,1H3;1-2H3;1H3. The predicted molar refractivity (Wildman–Crippen MR) is 60.3 cm³/mol. The average molecular weight is 270 g/mol. The molecule has 0 unspecified atom stereocenters. The molecule has 0 aliphatic heterocycles. The molecule has 2 heteroatoms. The van der Waals surface area contributed by atoms with Gasteiger partial charge < -0.3 is 0 Å². The number of thiophene rings is 1. The van der Waals surface area contributed by atoms with Crippen LogP contribution < -0.4 is 0 Å². The van der Waals surface area contributed by atoms with Crippen LogP contribution in [0.1, 0.15) is 18.7 Å². The summed E-state index contributed by atoms with van der Waals surface area (Å²) >= 11 is 3.93. The minimum absolute atomic E-state index is 1.38.